The Morgan fingerprint density at radius 2 is 2.00 bits per heavy atom. The number of aryl methyl sites for hydroxylation is 2. The molecule has 0 saturated heterocycles. The Morgan fingerprint density at radius 1 is 1.31 bits per heavy atom. The van der Waals surface area contributed by atoms with E-state index in [2.05, 4.69) is 0 Å². The van der Waals surface area contributed by atoms with Crippen LogP contribution in [0.4, 0.5) is 0 Å². The smallest absolute Gasteiger partial charge is 0.343 e. The number of rotatable bonds is 1. The van der Waals surface area contributed by atoms with Crippen molar-refractivity contribution in [2.45, 2.75) is 13.8 Å². The van der Waals surface area contributed by atoms with E-state index in [-0.39, 0.29) is 11.3 Å². The molecule has 0 amide bonds. The molecule has 4 nitrogen and oxygen atoms in total. The summed E-state index contributed by atoms with van der Waals surface area (Å²) >= 11 is 0. The Kier molecular flexibility index (Phi) is 2.27. The van der Waals surface area contributed by atoms with Crippen LogP contribution in [-0.4, -0.2) is 11.1 Å². The highest BCUT2D eigenvalue weighted by Gasteiger charge is 2.17. The van der Waals surface area contributed by atoms with Crippen LogP contribution in [-0.2, 0) is 0 Å². The third-order valence-corrected chi connectivity index (χ3v) is 2.44. The van der Waals surface area contributed by atoms with Crippen molar-refractivity contribution < 1.29 is 14.3 Å². The second kappa shape index (κ2) is 3.48. The summed E-state index contributed by atoms with van der Waals surface area (Å²) in [6.07, 6.45) is 0. The molecular weight excluding hydrogens is 208 g/mol. The Hall–Kier alpha value is -2.10. The Labute approximate surface area is 91.1 Å². The first kappa shape index (κ1) is 10.4. The topological polar surface area (TPSA) is 67.5 Å². The summed E-state index contributed by atoms with van der Waals surface area (Å²) in [6, 6.07) is 5.11. The minimum absolute atomic E-state index is 0.133. The van der Waals surface area contributed by atoms with Crippen molar-refractivity contribution in [1.82, 2.24) is 0 Å². The van der Waals surface area contributed by atoms with E-state index in [9.17, 15) is 9.59 Å². The van der Waals surface area contributed by atoms with Crippen LogP contribution in [0.15, 0.2) is 27.4 Å². The highest BCUT2D eigenvalue weighted by Crippen LogP contribution is 2.16. The van der Waals surface area contributed by atoms with Crippen LogP contribution in [0.1, 0.15) is 21.7 Å². The highest BCUT2D eigenvalue weighted by molar-refractivity contribution is 5.92. The van der Waals surface area contributed by atoms with Crippen LogP contribution in [0, 0.1) is 13.8 Å². The number of hydrogen-bond acceptors (Lipinski definition) is 3. The van der Waals surface area contributed by atoms with Gasteiger partial charge in [-0.3, -0.25) is 4.79 Å². The van der Waals surface area contributed by atoms with Gasteiger partial charge in [0.15, 0.2) is 0 Å². The molecule has 0 unspecified atom stereocenters. The fraction of sp³-hybridized carbons (Fsp3) is 0.167. The predicted molar refractivity (Wildman–Crippen MR) is 58.9 cm³/mol. The maximum Gasteiger partial charge on any atom is 0.343 e. The van der Waals surface area contributed by atoms with Crippen molar-refractivity contribution in [3.8, 4) is 0 Å². The molecule has 1 heterocycles. The minimum atomic E-state index is -1.25. The van der Waals surface area contributed by atoms with Gasteiger partial charge in [-0.25, -0.2) is 4.79 Å². The quantitative estimate of drug-likeness (QED) is 0.795. The molecule has 0 fully saturated rings. The molecule has 0 bridgehead atoms. The Balaban J connectivity index is 2.96. The van der Waals surface area contributed by atoms with Gasteiger partial charge in [-0.05, 0) is 26.0 Å². The molecule has 0 aliphatic rings. The van der Waals surface area contributed by atoms with Gasteiger partial charge in [-0.1, -0.05) is 11.6 Å². The van der Waals surface area contributed by atoms with Crippen molar-refractivity contribution in [3.63, 3.8) is 0 Å². The molecule has 0 aliphatic carbocycles. The zero-order chi connectivity index (χ0) is 11.9. The van der Waals surface area contributed by atoms with Gasteiger partial charge >= 0.3 is 5.97 Å². The van der Waals surface area contributed by atoms with Crippen LogP contribution >= 0.6 is 0 Å². The van der Waals surface area contributed by atoms with E-state index < -0.39 is 11.4 Å². The van der Waals surface area contributed by atoms with Gasteiger partial charge in [0, 0.05) is 0 Å². The molecule has 0 aliphatic heterocycles. The van der Waals surface area contributed by atoms with Gasteiger partial charge in [-0.15, -0.1) is 0 Å². The molecular formula is C12H10O4. The van der Waals surface area contributed by atoms with Gasteiger partial charge in [-0.2, -0.15) is 0 Å². The number of carbonyl (C=O) groups is 1. The van der Waals surface area contributed by atoms with Crippen molar-refractivity contribution in [1.29, 1.82) is 0 Å². The molecule has 1 aromatic heterocycles. The second-order valence-electron chi connectivity index (χ2n) is 3.67. The Bertz CT molecular complexity index is 637. The molecule has 4 heteroatoms. The third-order valence-electron chi connectivity index (χ3n) is 2.44. The lowest BCUT2D eigenvalue weighted by Crippen LogP contribution is -2.16. The lowest BCUT2D eigenvalue weighted by Gasteiger charge is -2.03. The zero-order valence-corrected chi connectivity index (χ0v) is 8.90. The van der Waals surface area contributed by atoms with E-state index in [4.69, 9.17) is 9.52 Å². The van der Waals surface area contributed by atoms with E-state index in [1.165, 1.54) is 6.92 Å². The van der Waals surface area contributed by atoms with Crippen LogP contribution in [0.2, 0.25) is 0 Å². The van der Waals surface area contributed by atoms with Crippen molar-refractivity contribution in [2.24, 2.45) is 0 Å². The van der Waals surface area contributed by atoms with Gasteiger partial charge < -0.3 is 9.52 Å². The maximum atomic E-state index is 11.9. The number of fused-ring (bicyclic) bond motifs is 1. The fourth-order valence-corrected chi connectivity index (χ4v) is 1.67. The SMILES string of the molecule is Cc1ccc2oc(C)c(C(=O)O)c(=O)c2c1. The Morgan fingerprint density at radius 3 is 2.62 bits per heavy atom. The first-order valence-electron chi connectivity index (χ1n) is 4.78. The first-order chi connectivity index (χ1) is 7.50. The van der Waals surface area contributed by atoms with Crippen molar-refractivity contribution >= 4 is 16.9 Å². The van der Waals surface area contributed by atoms with Crippen LogP contribution in [0.5, 0.6) is 0 Å². The van der Waals surface area contributed by atoms with Gasteiger partial charge in [0.1, 0.15) is 16.9 Å². The van der Waals surface area contributed by atoms with E-state index in [1.807, 2.05) is 13.0 Å². The molecule has 0 radical (unpaired) electrons. The third kappa shape index (κ3) is 1.48. The maximum absolute atomic E-state index is 11.9. The molecule has 82 valence electrons. The summed E-state index contributed by atoms with van der Waals surface area (Å²) < 4.78 is 5.31. The molecule has 16 heavy (non-hydrogen) atoms. The summed E-state index contributed by atoms with van der Waals surface area (Å²) in [5.74, 6) is -1.12. The molecule has 2 aromatic rings. The largest absolute Gasteiger partial charge is 0.477 e. The monoisotopic (exact) mass is 218 g/mol. The van der Waals surface area contributed by atoms with Crippen molar-refractivity contribution in [2.75, 3.05) is 0 Å². The van der Waals surface area contributed by atoms with Gasteiger partial charge in [0.05, 0.1) is 5.39 Å². The average Bonchev–Trinajstić information content (AvgIpc) is 2.19. The second-order valence-corrected chi connectivity index (χ2v) is 3.67. The van der Waals surface area contributed by atoms with Crippen molar-refractivity contribution in [3.05, 3.63) is 45.3 Å². The number of aromatic carboxylic acids is 1. The number of carboxylic acid groups (broad SMARTS) is 1. The minimum Gasteiger partial charge on any atom is -0.477 e. The lowest BCUT2D eigenvalue weighted by atomic mass is 10.1. The number of hydrogen-bond donors (Lipinski definition) is 1. The zero-order valence-electron chi connectivity index (χ0n) is 8.90. The standard InChI is InChI=1S/C12H10O4/c1-6-3-4-9-8(5-6)11(13)10(12(14)15)7(2)16-9/h3-5H,1-2H3,(H,14,15). The summed E-state index contributed by atoms with van der Waals surface area (Å²) in [4.78, 5) is 22.8. The fourth-order valence-electron chi connectivity index (χ4n) is 1.67. The predicted octanol–water partition coefficient (Wildman–Crippen LogP) is 2.11. The van der Waals surface area contributed by atoms with Gasteiger partial charge in [0.2, 0.25) is 5.43 Å². The molecule has 0 saturated carbocycles. The van der Waals surface area contributed by atoms with Crippen LogP contribution in [0.3, 0.4) is 0 Å². The van der Waals surface area contributed by atoms with Crippen LogP contribution in [0.25, 0.3) is 11.0 Å². The highest BCUT2D eigenvalue weighted by atomic mass is 16.4. The summed E-state index contributed by atoms with van der Waals surface area (Å²) in [5, 5.41) is 9.22. The lowest BCUT2D eigenvalue weighted by molar-refractivity contribution is 0.0692. The summed E-state index contributed by atoms with van der Waals surface area (Å²) in [6.45, 7) is 3.31. The van der Waals surface area contributed by atoms with E-state index in [0.717, 1.165) is 5.56 Å². The normalized spacial score (nSPS) is 10.6. The molecule has 0 spiro atoms. The van der Waals surface area contributed by atoms with E-state index in [0.29, 0.717) is 11.0 Å². The summed E-state index contributed by atoms with van der Waals surface area (Å²) in [7, 11) is 0. The molecule has 2 rings (SSSR count). The molecule has 1 N–H and O–H groups in total. The molecule has 0 atom stereocenters. The van der Waals surface area contributed by atoms with E-state index in [1.54, 1.807) is 12.1 Å². The van der Waals surface area contributed by atoms with Gasteiger partial charge in [0.25, 0.3) is 0 Å². The molecule has 1 aromatic carbocycles. The average molecular weight is 218 g/mol. The first-order valence-corrected chi connectivity index (χ1v) is 4.78. The van der Waals surface area contributed by atoms with E-state index >= 15 is 0 Å². The number of carboxylic acids is 1. The summed E-state index contributed by atoms with van der Waals surface area (Å²) in [5.41, 5.74) is 0.520. The van der Waals surface area contributed by atoms with Crippen LogP contribution < -0.4 is 5.43 Å². The number of benzene rings is 1.